The molecule has 0 radical (unpaired) electrons. The Labute approximate surface area is 167 Å². The summed E-state index contributed by atoms with van der Waals surface area (Å²) in [7, 11) is 1.72. The number of hydrogen-bond acceptors (Lipinski definition) is 3. The summed E-state index contributed by atoms with van der Waals surface area (Å²) in [6.07, 6.45) is -0.232. The molecule has 0 saturated carbocycles. The fourth-order valence-corrected chi connectivity index (χ4v) is 3.44. The Kier molecular flexibility index (Phi) is 6.06. The van der Waals surface area contributed by atoms with Crippen LogP contribution >= 0.6 is 0 Å². The first-order chi connectivity index (χ1) is 13.8. The van der Waals surface area contributed by atoms with E-state index in [2.05, 4.69) is 10.2 Å². The topological polar surface area (TPSA) is 49.0 Å². The Hall–Kier alpha value is -3.09. The van der Waals surface area contributed by atoms with Gasteiger partial charge in [0.1, 0.15) is 0 Å². The number of hydrogen-bond donors (Lipinski definition) is 1. The van der Waals surface area contributed by atoms with Crippen LogP contribution in [-0.2, 0) is 6.18 Å². The quantitative estimate of drug-likeness (QED) is 0.522. The predicted molar refractivity (Wildman–Crippen MR) is 106 cm³/mol. The van der Waals surface area contributed by atoms with Gasteiger partial charge in [0.05, 0.1) is 17.8 Å². The van der Waals surface area contributed by atoms with Crippen molar-refractivity contribution >= 4 is 11.5 Å². The molecule has 2 aromatic carbocycles. The maximum Gasteiger partial charge on any atom is 0.416 e. The average Bonchev–Trinajstić information content (AvgIpc) is 3.22. The maximum absolute atomic E-state index is 13.7. The van der Waals surface area contributed by atoms with Gasteiger partial charge in [-0.3, -0.25) is 9.89 Å². The summed E-state index contributed by atoms with van der Waals surface area (Å²) in [6.45, 7) is 1.93. The van der Waals surface area contributed by atoms with E-state index < -0.39 is 17.8 Å². The molecule has 7 heteroatoms. The van der Waals surface area contributed by atoms with Crippen molar-refractivity contribution in [2.45, 2.75) is 32.0 Å². The van der Waals surface area contributed by atoms with E-state index in [1.807, 2.05) is 6.92 Å². The normalized spacial score (nSPS) is 12.6. The first kappa shape index (κ1) is 20.6. The molecular weight excluding hydrogens is 379 g/mol. The van der Waals surface area contributed by atoms with Gasteiger partial charge in [-0.15, -0.1) is 0 Å². The number of carbonyl (C=O) groups is 1. The molecule has 1 N–H and O–H groups in total. The largest absolute Gasteiger partial charge is 0.416 e. The minimum atomic E-state index is -4.49. The molecule has 4 nitrogen and oxygen atoms in total. The van der Waals surface area contributed by atoms with Crippen molar-refractivity contribution in [2.75, 3.05) is 11.9 Å². The van der Waals surface area contributed by atoms with Crippen LogP contribution in [0.2, 0.25) is 0 Å². The van der Waals surface area contributed by atoms with Gasteiger partial charge in [-0.05, 0) is 30.2 Å². The van der Waals surface area contributed by atoms with Crippen molar-refractivity contribution in [3.63, 3.8) is 0 Å². The highest BCUT2D eigenvalue weighted by molar-refractivity contribution is 5.96. The van der Waals surface area contributed by atoms with Crippen LogP contribution in [0.3, 0.4) is 0 Å². The lowest BCUT2D eigenvalue weighted by Crippen LogP contribution is -2.27. The van der Waals surface area contributed by atoms with Gasteiger partial charge >= 0.3 is 6.18 Å². The second-order valence-corrected chi connectivity index (χ2v) is 6.85. The summed E-state index contributed by atoms with van der Waals surface area (Å²) in [6, 6.07) is 11.8. The van der Waals surface area contributed by atoms with E-state index in [0.717, 1.165) is 12.5 Å². The monoisotopic (exact) mass is 401 g/mol. The van der Waals surface area contributed by atoms with Crippen LogP contribution in [0, 0.1) is 0 Å². The molecule has 0 bridgehead atoms. The van der Waals surface area contributed by atoms with Crippen LogP contribution < -0.4 is 4.90 Å². The molecule has 0 aliphatic heterocycles. The van der Waals surface area contributed by atoms with Crippen LogP contribution in [-0.4, -0.2) is 23.0 Å². The van der Waals surface area contributed by atoms with Gasteiger partial charge in [-0.1, -0.05) is 37.3 Å². The summed E-state index contributed by atoms with van der Waals surface area (Å²) in [4.78, 5) is 14.0. The van der Waals surface area contributed by atoms with Crippen LogP contribution in [0.4, 0.5) is 18.9 Å². The van der Waals surface area contributed by atoms with Crippen LogP contribution in [0.25, 0.3) is 0 Å². The van der Waals surface area contributed by atoms with E-state index in [4.69, 9.17) is 0 Å². The summed E-state index contributed by atoms with van der Waals surface area (Å²) in [5, 5.41) is 6.60. The van der Waals surface area contributed by atoms with Gasteiger partial charge in [0.2, 0.25) is 0 Å². The molecule has 0 aliphatic carbocycles. The second-order valence-electron chi connectivity index (χ2n) is 6.85. The molecule has 152 valence electrons. The van der Waals surface area contributed by atoms with Crippen LogP contribution in [0.15, 0.2) is 60.9 Å². The molecule has 0 aliphatic rings. The summed E-state index contributed by atoms with van der Waals surface area (Å²) in [5.41, 5.74) is 1.21. The minimum absolute atomic E-state index is 0.0123. The zero-order chi connectivity index (χ0) is 21.0. The number of Topliss-reactive ketones (excluding diaryl/α,β-unsaturated/α-hetero) is 1. The molecule has 1 heterocycles. The van der Waals surface area contributed by atoms with E-state index in [0.29, 0.717) is 23.2 Å². The number of aromatic amines is 1. The lowest BCUT2D eigenvalue weighted by Gasteiger charge is -2.32. The number of alkyl halides is 3. The summed E-state index contributed by atoms with van der Waals surface area (Å²) < 4.78 is 41.1. The molecule has 1 aromatic heterocycles. The first-order valence-corrected chi connectivity index (χ1v) is 9.33. The number of nitrogens with zero attached hydrogens (tertiary/aromatic N) is 2. The van der Waals surface area contributed by atoms with Crippen molar-refractivity contribution in [1.29, 1.82) is 0 Å². The molecule has 29 heavy (non-hydrogen) atoms. The molecule has 0 spiro atoms. The van der Waals surface area contributed by atoms with E-state index in [1.54, 1.807) is 48.5 Å². The SMILES string of the molecule is CCCC(=O)c1cccc(N(C)C(c2cn[nH]c2)c2ccccc2C(F)(F)F)c1. The van der Waals surface area contributed by atoms with Crippen molar-refractivity contribution in [3.05, 3.63) is 83.2 Å². The number of anilines is 1. The summed E-state index contributed by atoms with van der Waals surface area (Å²) >= 11 is 0. The molecule has 0 fully saturated rings. The van der Waals surface area contributed by atoms with Gasteiger partial charge in [0.15, 0.2) is 5.78 Å². The number of H-pyrrole nitrogens is 1. The fraction of sp³-hybridized carbons (Fsp3) is 0.273. The first-order valence-electron chi connectivity index (χ1n) is 9.33. The maximum atomic E-state index is 13.7. The number of carbonyl (C=O) groups excluding carboxylic acids is 1. The van der Waals surface area contributed by atoms with Crippen molar-refractivity contribution in [3.8, 4) is 0 Å². The Morgan fingerprint density at radius 3 is 2.59 bits per heavy atom. The van der Waals surface area contributed by atoms with Gasteiger partial charge < -0.3 is 4.90 Å². The molecule has 1 unspecified atom stereocenters. The molecule has 0 saturated heterocycles. The van der Waals surface area contributed by atoms with Crippen LogP contribution in [0.5, 0.6) is 0 Å². The number of nitrogens with one attached hydrogen (secondary N) is 1. The van der Waals surface area contributed by atoms with Gasteiger partial charge in [0, 0.05) is 36.5 Å². The van der Waals surface area contributed by atoms with Gasteiger partial charge in [0.25, 0.3) is 0 Å². The van der Waals surface area contributed by atoms with Crippen LogP contribution in [0.1, 0.15) is 52.9 Å². The third-order valence-electron chi connectivity index (χ3n) is 4.84. The Morgan fingerprint density at radius 2 is 1.93 bits per heavy atom. The highest BCUT2D eigenvalue weighted by Crippen LogP contribution is 2.39. The van der Waals surface area contributed by atoms with E-state index >= 15 is 0 Å². The standard InChI is InChI=1S/C22H22F3N3O/c1-3-7-20(29)15-8-6-9-17(12-15)28(2)21(16-13-26-27-14-16)18-10-4-5-11-19(18)22(23,24)25/h4-6,8-14,21H,3,7H2,1-2H3,(H,26,27). The Bertz CT molecular complexity index is 967. The van der Waals surface area contributed by atoms with E-state index in [1.165, 1.54) is 18.3 Å². The number of aromatic nitrogens is 2. The lowest BCUT2D eigenvalue weighted by atomic mass is 9.94. The zero-order valence-electron chi connectivity index (χ0n) is 16.2. The molecule has 0 amide bonds. The van der Waals surface area contributed by atoms with Gasteiger partial charge in [-0.2, -0.15) is 18.3 Å². The average molecular weight is 401 g/mol. The summed E-state index contributed by atoms with van der Waals surface area (Å²) in [5.74, 6) is 0.0123. The number of benzene rings is 2. The minimum Gasteiger partial charge on any atom is -0.363 e. The van der Waals surface area contributed by atoms with Crippen molar-refractivity contribution in [1.82, 2.24) is 10.2 Å². The van der Waals surface area contributed by atoms with E-state index in [-0.39, 0.29) is 11.3 Å². The van der Waals surface area contributed by atoms with Gasteiger partial charge in [-0.25, -0.2) is 0 Å². The molecular formula is C22H22F3N3O. The zero-order valence-corrected chi connectivity index (χ0v) is 16.2. The number of ketones is 1. The second kappa shape index (κ2) is 8.51. The highest BCUT2D eigenvalue weighted by atomic mass is 19.4. The van der Waals surface area contributed by atoms with E-state index in [9.17, 15) is 18.0 Å². The molecule has 3 rings (SSSR count). The Morgan fingerprint density at radius 1 is 1.17 bits per heavy atom. The van der Waals surface area contributed by atoms with Crippen molar-refractivity contribution < 1.29 is 18.0 Å². The fourth-order valence-electron chi connectivity index (χ4n) is 3.44. The highest BCUT2D eigenvalue weighted by Gasteiger charge is 2.36. The number of rotatable bonds is 7. The third-order valence-corrected chi connectivity index (χ3v) is 4.84. The molecule has 1 atom stereocenters. The molecule has 3 aromatic rings. The number of halogens is 3. The lowest BCUT2D eigenvalue weighted by molar-refractivity contribution is -0.138. The van der Waals surface area contributed by atoms with Crippen molar-refractivity contribution in [2.24, 2.45) is 0 Å². The predicted octanol–water partition coefficient (Wildman–Crippen LogP) is 5.64. The third kappa shape index (κ3) is 4.50. The smallest absolute Gasteiger partial charge is 0.363 e. The Balaban J connectivity index is 2.09.